The van der Waals surface area contributed by atoms with Crippen molar-refractivity contribution < 1.29 is 26.3 Å². The summed E-state index contributed by atoms with van der Waals surface area (Å²) in [5.41, 5.74) is -4.24. The van der Waals surface area contributed by atoms with Gasteiger partial charge in [-0.1, -0.05) is 18.2 Å². The smallest absolute Gasteiger partial charge is 0.489 e. The van der Waals surface area contributed by atoms with Gasteiger partial charge in [0, 0.05) is 26.2 Å². The first kappa shape index (κ1) is 26.8. The molecule has 172 valence electrons. The number of rotatable bonds is 6. The molecule has 1 aromatic rings. The minimum Gasteiger partial charge on any atom is -0.489 e. The molecule has 1 heterocycles. The molecule has 7 nitrogen and oxygen atoms in total. The number of halogens is 4. The van der Waals surface area contributed by atoms with Crippen LogP contribution >= 0.6 is 24.0 Å². The number of hydrogen-bond acceptors (Lipinski definition) is 4. The van der Waals surface area contributed by atoms with Crippen LogP contribution in [-0.2, 0) is 10.0 Å². The zero-order valence-electron chi connectivity index (χ0n) is 17.1. The molecular weight excluding hydrogens is 536 g/mol. The number of piperidine rings is 1. The number of nitrogens with one attached hydrogen (secondary N) is 2. The number of sulfonamides is 1. The van der Waals surface area contributed by atoms with Crippen LogP contribution in [0.4, 0.5) is 13.2 Å². The number of aryl methyl sites for hydroxylation is 1. The highest BCUT2D eigenvalue weighted by Gasteiger charge is 2.50. The zero-order valence-corrected chi connectivity index (χ0v) is 20.2. The normalized spacial score (nSPS) is 17.7. The number of guanidine groups is 1. The third-order valence-electron chi connectivity index (χ3n) is 4.63. The largest absolute Gasteiger partial charge is 0.511 e. The van der Waals surface area contributed by atoms with Gasteiger partial charge >= 0.3 is 15.5 Å². The van der Waals surface area contributed by atoms with E-state index in [4.69, 9.17) is 4.74 Å². The maximum absolute atomic E-state index is 12.7. The Morgan fingerprint density at radius 3 is 2.43 bits per heavy atom. The molecule has 1 unspecified atom stereocenters. The molecule has 12 heteroatoms. The molecule has 0 saturated carbocycles. The fourth-order valence-corrected chi connectivity index (χ4v) is 3.95. The van der Waals surface area contributed by atoms with Crippen LogP contribution in [0.5, 0.6) is 5.75 Å². The van der Waals surface area contributed by atoms with Gasteiger partial charge in [0.25, 0.3) is 0 Å². The van der Waals surface area contributed by atoms with Gasteiger partial charge < -0.3 is 15.4 Å². The minimum atomic E-state index is -5.27. The van der Waals surface area contributed by atoms with Crippen molar-refractivity contribution in [3.8, 4) is 5.75 Å². The summed E-state index contributed by atoms with van der Waals surface area (Å²) in [6.45, 7) is 3.95. The van der Waals surface area contributed by atoms with Gasteiger partial charge in [0.2, 0.25) is 0 Å². The maximum atomic E-state index is 12.7. The Kier molecular flexibility index (Phi) is 10.1. The van der Waals surface area contributed by atoms with E-state index < -0.39 is 15.5 Å². The third kappa shape index (κ3) is 7.15. The van der Waals surface area contributed by atoms with Gasteiger partial charge in [0.05, 0.1) is 6.54 Å². The van der Waals surface area contributed by atoms with Crippen LogP contribution in [0, 0.1) is 6.92 Å². The summed E-state index contributed by atoms with van der Waals surface area (Å²) in [6, 6.07) is 7.51. The average molecular weight is 564 g/mol. The first-order valence-corrected chi connectivity index (χ1v) is 10.7. The molecule has 0 amide bonds. The standard InChI is InChI=1S/C18H27F3N4O3S.HI/c1-13-6-4-5-7-16(13)28-14(2)12-23-17(22-3)24-15-8-10-25(11-9-15)29(26,27)18(19,20)21;/h4-7,14-15H,8-12H2,1-3H3,(H2,22,23,24);1H. The summed E-state index contributed by atoms with van der Waals surface area (Å²) in [5, 5.41) is 6.25. The number of alkyl halides is 3. The molecule has 1 aromatic carbocycles. The average Bonchev–Trinajstić information content (AvgIpc) is 2.66. The van der Waals surface area contributed by atoms with Crippen molar-refractivity contribution in [2.24, 2.45) is 4.99 Å². The van der Waals surface area contributed by atoms with Crippen LogP contribution in [0.1, 0.15) is 25.3 Å². The van der Waals surface area contributed by atoms with E-state index in [1.165, 1.54) is 0 Å². The third-order valence-corrected chi connectivity index (χ3v) is 6.26. The summed E-state index contributed by atoms with van der Waals surface area (Å²) in [7, 11) is -3.68. The Hall–Kier alpha value is -1.28. The summed E-state index contributed by atoms with van der Waals surface area (Å²) < 4.78 is 67.3. The summed E-state index contributed by atoms with van der Waals surface area (Å²) in [6.07, 6.45) is 0.365. The molecule has 0 spiro atoms. The molecule has 1 saturated heterocycles. The van der Waals surface area contributed by atoms with Crippen molar-refractivity contribution in [2.45, 2.75) is 44.3 Å². The van der Waals surface area contributed by atoms with E-state index >= 15 is 0 Å². The molecule has 1 aliphatic heterocycles. The lowest BCUT2D eigenvalue weighted by Crippen LogP contribution is -2.52. The van der Waals surface area contributed by atoms with Crippen molar-refractivity contribution in [2.75, 3.05) is 26.7 Å². The SMILES string of the molecule is CN=C(NCC(C)Oc1ccccc1C)NC1CCN(S(=O)(=O)C(F)(F)F)CC1.I. The van der Waals surface area contributed by atoms with Gasteiger partial charge in [-0.2, -0.15) is 17.5 Å². The van der Waals surface area contributed by atoms with Crippen LogP contribution in [0.3, 0.4) is 0 Å². The van der Waals surface area contributed by atoms with Gasteiger partial charge in [0.15, 0.2) is 5.96 Å². The molecule has 2 N–H and O–H groups in total. The minimum absolute atomic E-state index is 0. The van der Waals surface area contributed by atoms with Crippen molar-refractivity contribution in [1.82, 2.24) is 14.9 Å². The highest BCUT2D eigenvalue weighted by Crippen LogP contribution is 2.28. The van der Waals surface area contributed by atoms with Crippen LogP contribution in [0.2, 0.25) is 0 Å². The molecule has 1 aliphatic rings. The molecular formula is C18H28F3IN4O3S. The maximum Gasteiger partial charge on any atom is 0.511 e. The topological polar surface area (TPSA) is 83.0 Å². The van der Waals surface area contributed by atoms with E-state index in [1.807, 2.05) is 38.1 Å². The molecule has 0 aliphatic carbocycles. The number of para-hydroxylation sites is 1. The van der Waals surface area contributed by atoms with Crippen LogP contribution < -0.4 is 15.4 Å². The second-order valence-electron chi connectivity index (χ2n) is 6.92. The molecule has 1 fully saturated rings. The van der Waals surface area contributed by atoms with Crippen molar-refractivity contribution in [3.05, 3.63) is 29.8 Å². The lowest BCUT2D eigenvalue weighted by Gasteiger charge is -2.32. The van der Waals surface area contributed by atoms with E-state index in [-0.39, 0.29) is 62.1 Å². The fourth-order valence-electron chi connectivity index (χ4n) is 2.96. The van der Waals surface area contributed by atoms with Gasteiger partial charge in [-0.25, -0.2) is 8.42 Å². The number of aliphatic imine (C=N–C) groups is 1. The predicted molar refractivity (Wildman–Crippen MR) is 121 cm³/mol. The first-order valence-electron chi connectivity index (χ1n) is 9.30. The highest BCUT2D eigenvalue weighted by molar-refractivity contribution is 14.0. The molecule has 0 bridgehead atoms. The Labute approximate surface area is 192 Å². The highest BCUT2D eigenvalue weighted by atomic mass is 127. The van der Waals surface area contributed by atoms with Gasteiger partial charge in [-0.15, -0.1) is 24.0 Å². The monoisotopic (exact) mass is 564 g/mol. The second-order valence-corrected chi connectivity index (χ2v) is 8.84. The van der Waals surface area contributed by atoms with E-state index in [1.54, 1.807) is 7.05 Å². The summed E-state index contributed by atoms with van der Waals surface area (Å²) >= 11 is 0. The molecule has 0 radical (unpaired) electrons. The molecule has 30 heavy (non-hydrogen) atoms. The van der Waals surface area contributed by atoms with E-state index in [0.717, 1.165) is 11.3 Å². The van der Waals surface area contributed by atoms with Crippen LogP contribution in [0.15, 0.2) is 29.3 Å². The number of hydrogen-bond donors (Lipinski definition) is 2. The predicted octanol–water partition coefficient (Wildman–Crippen LogP) is 2.86. The lowest BCUT2D eigenvalue weighted by atomic mass is 10.1. The Morgan fingerprint density at radius 1 is 1.30 bits per heavy atom. The molecule has 0 aromatic heterocycles. The molecule has 2 rings (SSSR count). The summed E-state index contributed by atoms with van der Waals surface area (Å²) in [5.74, 6) is 1.28. The van der Waals surface area contributed by atoms with Crippen molar-refractivity contribution in [3.63, 3.8) is 0 Å². The number of nitrogens with zero attached hydrogens (tertiary/aromatic N) is 2. The Bertz CT molecular complexity index is 813. The van der Waals surface area contributed by atoms with E-state index in [0.29, 0.717) is 16.8 Å². The van der Waals surface area contributed by atoms with Crippen molar-refractivity contribution >= 4 is 40.0 Å². The fraction of sp³-hybridized carbons (Fsp3) is 0.611. The summed E-state index contributed by atoms with van der Waals surface area (Å²) in [4.78, 5) is 4.11. The Balaban J connectivity index is 0.00000450. The van der Waals surface area contributed by atoms with Crippen LogP contribution in [0.25, 0.3) is 0 Å². The lowest BCUT2D eigenvalue weighted by molar-refractivity contribution is -0.0494. The van der Waals surface area contributed by atoms with Gasteiger partial charge in [-0.05, 0) is 38.3 Å². The van der Waals surface area contributed by atoms with Gasteiger partial charge in [-0.3, -0.25) is 4.99 Å². The first-order chi connectivity index (χ1) is 13.5. The van der Waals surface area contributed by atoms with E-state index in [2.05, 4.69) is 15.6 Å². The van der Waals surface area contributed by atoms with E-state index in [9.17, 15) is 21.6 Å². The van der Waals surface area contributed by atoms with Gasteiger partial charge in [0.1, 0.15) is 11.9 Å². The number of benzene rings is 1. The zero-order chi connectivity index (χ0) is 21.7. The number of ether oxygens (including phenoxy) is 1. The van der Waals surface area contributed by atoms with Crippen LogP contribution in [-0.4, -0.2) is 63.0 Å². The molecule has 1 atom stereocenters. The van der Waals surface area contributed by atoms with Crippen molar-refractivity contribution in [1.29, 1.82) is 0 Å². The quantitative estimate of drug-likeness (QED) is 0.316. The second kappa shape index (κ2) is 11.4. The Morgan fingerprint density at radius 2 is 1.90 bits per heavy atom.